The first-order valence-corrected chi connectivity index (χ1v) is 12.5. The molecule has 0 aliphatic carbocycles. The molecule has 2 aliphatic rings. The van der Waals surface area contributed by atoms with Crippen LogP contribution in [0.25, 0.3) is 0 Å². The number of ether oxygens (including phenoxy) is 4. The van der Waals surface area contributed by atoms with E-state index in [0.29, 0.717) is 19.8 Å². The van der Waals surface area contributed by atoms with Gasteiger partial charge in [0.05, 0.1) is 38.6 Å². The van der Waals surface area contributed by atoms with Crippen LogP contribution in [0.5, 0.6) is 11.5 Å². The van der Waals surface area contributed by atoms with Crippen LogP contribution in [0.2, 0.25) is 0 Å². The molecule has 0 aromatic heterocycles. The van der Waals surface area contributed by atoms with E-state index in [0.717, 1.165) is 68.3 Å². The maximum Gasteiger partial charge on any atom is 0.142 e. The number of hydrogen-bond acceptors (Lipinski definition) is 8. The van der Waals surface area contributed by atoms with E-state index in [1.54, 1.807) is 14.2 Å². The van der Waals surface area contributed by atoms with Gasteiger partial charge in [-0.15, -0.1) is 0 Å². The Balaban J connectivity index is 1.44. The van der Waals surface area contributed by atoms with Gasteiger partial charge in [-0.05, 0) is 54.7 Å². The first kappa shape index (κ1) is 25.4. The highest BCUT2D eigenvalue weighted by molar-refractivity contribution is 5.61. The second-order valence-electron chi connectivity index (χ2n) is 9.20. The van der Waals surface area contributed by atoms with Gasteiger partial charge in [0.1, 0.15) is 18.1 Å². The Labute approximate surface area is 207 Å². The lowest BCUT2D eigenvalue weighted by atomic mass is 9.83. The molecule has 0 amide bonds. The molecule has 1 saturated heterocycles. The highest BCUT2D eigenvalue weighted by Crippen LogP contribution is 2.35. The van der Waals surface area contributed by atoms with Gasteiger partial charge in [0.2, 0.25) is 0 Å². The molecular weight excluding hydrogens is 446 g/mol. The molecule has 1 fully saturated rings. The number of fused-ring (bicyclic) bond motifs is 1. The molecule has 2 heterocycles. The third kappa shape index (κ3) is 6.72. The van der Waals surface area contributed by atoms with Gasteiger partial charge >= 0.3 is 0 Å². The molecule has 0 radical (unpaired) electrons. The highest BCUT2D eigenvalue weighted by Gasteiger charge is 2.32. The number of benzene rings is 2. The quantitative estimate of drug-likeness (QED) is 0.359. The van der Waals surface area contributed by atoms with E-state index in [1.807, 2.05) is 12.1 Å². The summed E-state index contributed by atoms with van der Waals surface area (Å²) in [5, 5.41) is 6.61. The number of nitroso groups, excluding NO2 is 1. The van der Waals surface area contributed by atoms with Crippen LogP contribution in [-0.2, 0) is 16.1 Å². The Hall–Kier alpha value is -2.68. The van der Waals surface area contributed by atoms with Crippen molar-refractivity contribution in [3.05, 3.63) is 58.5 Å². The monoisotopic (exact) mass is 483 g/mol. The zero-order valence-electron chi connectivity index (χ0n) is 20.8. The van der Waals surface area contributed by atoms with Crippen LogP contribution in [0, 0.1) is 4.91 Å². The summed E-state index contributed by atoms with van der Waals surface area (Å²) in [6.45, 7) is 4.86. The van der Waals surface area contributed by atoms with Gasteiger partial charge < -0.3 is 29.2 Å². The Morgan fingerprint density at radius 1 is 1.17 bits per heavy atom. The predicted octanol–water partition coefficient (Wildman–Crippen LogP) is 4.12. The van der Waals surface area contributed by atoms with E-state index >= 15 is 0 Å². The molecule has 0 unspecified atom stereocenters. The Kier molecular flexibility index (Phi) is 9.34. The first-order valence-electron chi connectivity index (χ1n) is 12.5. The van der Waals surface area contributed by atoms with Crippen molar-refractivity contribution in [2.24, 2.45) is 5.18 Å². The van der Waals surface area contributed by atoms with Gasteiger partial charge in [0.25, 0.3) is 0 Å². The lowest BCUT2D eigenvalue weighted by Crippen LogP contribution is -2.47. The molecule has 2 aromatic carbocycles. The minimum absolute atomic E-state index is 0.0222. The normalized spacial score (nSPS) is 21.8. The topological polar surface area (TPSA) is 81.6 Å². The fourth-order valence-corrected chi connectivity index (χ4v) is 5.02. The average Bonchev–Trinajstić information content (AvgIpc) is 2.91. The van der Waals surface area contributed by atoms with Gasteiger partial charge in [-0.2, -0.15) is 4.91 Å². The number of nitrogens with one attached hydrogen (secondary N) is 1. The summed E-state index contributed by atoms with van der Waals surface area (Å²) in [5.41, 5.74) is 3.49. The molecule has 8 heteroatoms. The number of methoxy groups -OCH3 is 2. The third-order valence-corrected chi connectivity index (χ3v) is 6.93. The zero-order valence-corrected chi connectivity index (χ0v) is 20.8. The van der Waals surface area contributed by atoms with Gasteiger partial charge in [-0.25, -0.2) is 0 Å². The number of hydrogen-bond donors (Lipinski definition) is 1. The minimum atomic E-state index is 0.0222. The largest absolute Gasteiger partial charge is 0.497 e. The molecule has 0 spiro atoms. The smallest absolute Gasteiger partial charge is 0.142 e. The summed E-state index contributed by atoms with van der Waals surface area (Å²) in [6, 6.07) is 14.8. The molecule has 2 aliphatic heterocycles. The maximum atomic E-state index is 10.7. The van der Waals surface area contributed by atoms with Crippen molar-refractivity contribution in [1.29, 1.82) is 0 Å². The number of piperidine rings is 1. The number of anilines is 1. The molecule has 2 aromatic rings. The first-order chi connectivity index (χ1) is 17.2. The molecule has 35 heavy (non-hydrogen) atoms. The molecule has 190 valence electrons. The van der Waals surface area contributed by atoms with Crippen molar-refractivity contribution in [3.63, 3.8) is 0 Å². The summed E-state index contributed by atoms with van der Waals surface area (Å²) in [7, 11) is 3.42. The maximum absolute atomic E-state index is 10.7. The van der Waals surface area contributed by atoms with Crippen molar-refractivity contribution in [2.45, 2.75) is 43.9 Å². The van der Waals surface area contributed by atoms with E-state index < -0.39 is 0 Å². The molecule has 0 saturated carbocycles. The predicted molar refractivity (Wildman–Crippen MR) is 137 cm³/mol. The third-order valence-electron chi connectivity index (χ3n) is 6.93. The van der Waals surface area contributed by atoms with Crippen molar-refractivity contribution in [2.75, 3.05) is 58.5 Å². The van der Waals surface area contributed by atoms with Crippen LogP contribution in [0.3, 0.4) is 0 Å². The molecule has 0 bridgehead atoms. The van der Waals surface area contributed by atoms with Gasteiger partial charge in [-0.3, -0.25) is 0 Å². The van der Waals surface area contributed by atoms with Gasteiger partial charge in [-0.1, -0.05) is 23.4 Å². The molecule has 4 rings (SSSR count). The van der Waals surface area contributed by atoms with E-state index in [4.69, 9.17) is 18.9 Å². The fourth-order valence-electron chi connectivity index (χ4n) is 5.02. The van der Waals surface area contributed by atoms with E-state index in [9.17, 15) is 4.91 Å². The summed E-state index contributed by atoms with van der Waals surface area (Å²) >= 11 is 0. The second-order valence-corrected chi connectivity index (χ2v) is 9.20. The Bertz CT molecular complexity index is 939. The van der Waals surface area contributed by atoms with Crippen LogP contribution < -0.4 is 19.7 Å². The molecule has 3 atom stereocenters. The van der Waals surface area contributed by atoms with Crippen LogP contribution >= 0.6 is 0 Å². The van der Waals surface area contributed by atoms with Gasteiger partial charge in [0, 0.05) is 38.8 Å². The number of rotatable bonds is 12. The van der Waals surface area contributed by atoms with Crippen LogP contribution in [-0.4, -0.2) is 65.8 Å². The lowest BCUT2D eigenvalue weighted by molar-refractivity contribution is 0.00244. The van der Waals surface area contributed by atoms with E-state index in [-0.39, 0.29) is 18.1 Å². The summed E-state index contributed by atoms with van der Waals surface area (Å²) < 4.78 is 23.0. The van der Waals surface area contributed by atoms with Crippen molar-refractivity contribution in [3.8, 4) is 11.5 Å². The van der Waals surface area contributed by atoms with E-state index in [2.05, 4.69) is 45.7 Å². The van der Waals surface area contributed by atoms with Crippen LogP contribution in [0.1, 0.15) is 36.3 Å². The summed E-state index contributed by atoms with van der Waals surface area (Å²) in [4.78, 5) is 13.0. The Morgan fingerprint density at radius 2 is 2.03 bits per heavy atom. The average molecular weight is 484 g/mol. The summed E-state index contributed by atoms with van der Waals surface area (Å²) in [5.74, 6) is 2.00. The van der Waals surface area contributed by atoms with Crippen LogP contribution in [0.4, 0.5) is 5.69 Å². The van der Waals surface area contributed by atoms with Crippen molar-refractivity contribution >= 4 is 5.69 Å². The van der Waals surface area contributed by atoms with Crippen LogP contribution in [0.15, 0.2) is 47.6 Å². The van der Waals surface area contributed by atoms with Crippen molar-refractivity contribution in [1.82, 2.24) is 5.32 Å². The number of nitrogens with zero attached hydrogens (tertiary/aromatic N) is 2. The van der Waals surface area contributed by atoms with Gasteiger partial charge in [0.15, 0.2) is 0 Å². The SMILES string of the molecule is COCCCN1CCOc2ccc(CO[C@H]3CN[C@H](CCN=O)C[C@@H]3c3ccc(OC)cc3)cc21. The van der Waals surface area contributed by atoms with E-state index in [1.165, 1.54) is 5.56 Å². The molecule has 8 nitrogen and oxygen atoms in total. The summed E-state index contributed by atoms with van der Waals surface area (Å²) in [6.07, 6.45) is 2.65. The van der Waals surface area contributed by atoms with Crippen molar-refractivity contribution < 1.29 is 18.9 Å². The second kappa shape index (κ2) is 12.9. The molecule has 1 N–H and O–H groups in total. The Morgan fingerprint density at radius 3 is 2.80 bits per heavy atom. The standard InChI is InChI=1S/C27H37N3O5/c1-32-14-3-12-30-13-15-34-26-9-4-20(16-25(26)30)19-35-27-18-28-22(10-11-29-31)17-24(27)21-5-7-23(33-2)8-6-21/h4-9,16,22,24,27-28H,3,10-15,17-19H2,1-2H3/t22-,24-,27+/m1/s1. The fraction of sp³-hybridized carbons (Fsp3) is 0.556. The highest BCUT2D eigenvalue weighted by atomic mass is 16.5. The molecular formula is C27H37N3O5. The minimum Gasteiger partial charge on any atom is -0.497 e. The zero-order chi connectivity index (χ0) is 24.5. The lowest BCUT2D eigenvalue weighted by Gasteiger charge is -2.37.